The second kappa shape index (κ2) is 5.67. The Morgan fingerprint density at radius 2 is 1.95 bits per heavy atom. The third kappa shape index (κ3) is 4.43. The fourth-order valence-electron chi connectivity index (χ4n) is 1.33. The fraction of sp³-hybridized carbons (Fsp3) is 0.417. The van der Waals surface area contributed by atoms with Crippen LogP contribution in [0.3, 0.4) is 0 Å². The van der Waals surface area contributed by atoms with Gasteiger partial charge in [0, 0.05) is 6.54 Å². The molecule has 0 bridgehead atoms. The first-order chi connectivity index (χ1) is 8.92. The first-order valence-electron chi connectivity index (χ1n) is 5.72. The van der Waals surface area contributed by atoms with Gasteiger partial charge in [-0.3, -0.25) is 4.79 Å². The molecular formula is C12H16ClFN2O3S. The number of primary sulfonamides is 1. The Balaban J connectivity index is 3.18. The van der Waals surface area contributed by atoms with Gasteiger partial charge in [-0.25, -0.2) is 17.9 Å². The largest absolute Gasteiger partial charge is 0.351 e. The van der Waals surface area contributed by atoms with Crippen LogP contribution in [0, 0.1) is 11.2 Å². The summed E-state index contributed by atoms with van der Waals surface area (Å²) in [4.78, 5) is 11.4. The molecule has 20 heavy (non-hydrogen) atoms. The van der Waals surface area contributed by atoms with E-state index in [1.54, 1.807) is 0 Å². The van der Waals surface area contributed by atoms with Crippen molar-refractivity contribution in [2.45, 2.75) is 25.7 Å². The Morgan fingerprint density at radius 3 is 2.40 bits per heavy atom. The van der Waals surface area contributed by atoms with Crippen LogP contribution in [0.5, 0.6) is 0 Å². The standard InChI is InChI=1S/C12H16ClFN2O3S/c1-12(2,3)6-16-11(17)8-4-7(20(15,18)19)5-9(14)10(8)13/h4-5H,6H2,1-3H3,(H,16,17)(H2,15,18,19). The molecular weight excluding hydrogens is 307 g/mol. The molecule has 0 saturated heterocycles. The molecule has 0 saturated carbocycles. The number of hydrogen-bond acceptors (Lipinski definition) is 3. The highest BCUT2D eigenvalue weighted by Crippen LogP contribution is 2.24. The number of amides is 1. The molecule has 0 heterocycles. The highest BCUT2D eigenvalue weighted by Gasteiger charge is 2.21. The van der Waals surface area contributed by atoms with E-state index in [1.165, 1.54) is 0 Å². The van der Waals surface area contributed by atoms with Crippen molar-refractivity contribution in [1.82, 2.24) is 5.32 Å². The SMILES string of the molecule is CC(C)(C)CNC(=O)c1cc(S(N)(=O)=O)cc(F)c1Cl. The van der Waals surface area contributed by atoms with Crippen LogP contribution in [0.25, 0.3) is 0 Å². The van der Waals surface area contributed by atoms with Gasteiger partial charge in [-0.15, -0.1) is 0 Å². The molecule has 5 nitrogen and oxygen atoms in total. The van der Waals surface area contributed by atoms with Crippen LogP contribution in [0.1, 0.15) is 31.1 Å². The smallest absolute Gasteiger partial charge is 0.252 e. The van der Waals surface area contributed by atoms with Gasteiger partial charge < -0.3 is 5.32 Å². The van der Waals surface area contributed by atoms with Gasteiger partial charge in [0.15, 0.2) is 0 Å². The van der Waals surface area contributed by atoms with E-state index in [0.29, 0.717) is 12.6 Å². The van der Waals surface area contributed by atoms with Crippen molar-refractivity contribution in [2.75, 3.05) is 6.54 Å². The minimum atomic E-state index is -4.12. The van der Waals surface area contributed by atoms with Crippen molar-refractivity contribution in [3.8, 4) is 0 Å². The highest BCUT2D eigenvalue weighted by atomic mass is 35.5. The zero-order valence-electron chi connectivity index (χ0n) is 11.3. The van der Waals surface area contributed by atoms with Crippen molar-refractivity contribution >= 4 is 27.5 Å². The predicted octanol–water partition coefficient (Wildman–Crippen LogP) is 1.90. The topological polar surface area (TPSA) is 89.3 Å². The maximum Gasteiger partial charge on any atom is 0.252 e. The Morgan fingerprint density at radius 1 is 1.40 bits per heavy atom. The minimum absolute atomic E-state index is 0.182. The van der Waals surface area contributed by atoms with E-state index >= 15 is 0 Å². The molecule has 0 aromatic heterocycles. The maximum atomic E-state index is 13.6. The van der Waals surface area contributed by atoms with Gasteiger partial charge in [-0.05, 0) is 17.5 Å². The number of carbonyl (C=O) groups excluding carboxylic acids is 1. The van der Waals surface area contributed by atoms with Crippen LogP contribution in [0.2, 0.25) is 5.02 Å². The van der Waals surface area contributed by atoms with E-state index in [0.717, 1.165) is 6.07 Å². The van der Waals surface area contributed by atoms with Crippen molar-refractivity contribution in [3.63, 3.8) is 0 Å². The molecule has 1 aromatic rings. The molecule has 0 atom stereocenters. The average Bonchev–Trinajstić information content (AvgIpc) is 2.27. The van der Waals surface area contributed by atoms with Crippen molar-refractivity contribution in [1.29, 1.82) is 0 Å². The highest BCUT2D eigenvalue weighted by molar-refractivity contribution is 7.89. The number of carbonyl (C=O) groups is 1. The van der Waals surface area contributed by atoms with E-state index in [2.05, 4.69) is 5.32 Å². The molecule has 0 aliphatic rings. The molecule has 0 aliphatic heterocycles. The van der Waals surface area contributed by atoms with Gasteiger partial charge in [0.1, 0.15) is 5.82 Å². The zero-order chi connectivity index (χ0) is 15.7. The van der Waals surface area contributed by atoms with Crippen LogP contribution in [-0.2, 0) is 10.0 Å². The molecule has 0 spiro atoms. The molecule has 1 aromatic carbocycles. The second-order valence-electron chi connectivity index (χ2n) is 5.55. The van der Waals surface area contributed by atoms with Gasteiger partial charge in [-0.2, -0.15) is 0 Å². The predicted molar refractivity (Wildman–Crippen MR) is 74.6 cm³/mol. The average molecular weight is 323 g/mol. The van der Waals surface area contributed by atoms with Crippen molar-refractivity contribution in [2.24, 2.45) is 10.6 Å². The number of nitrogens with two attached hydrogens (primary N) is 1. The second-order valence-corrected chi connectivity index (χ2v) is 7.49. The first-order valence-corrected chi connectivity index (χ1v) is 7.64. The zero-order valence-corrected chi connectivity index (χ0v) is 12.9. The summed E-state index contributed by atoms with van der Waals surface area (Å²) >= 11 is 5.69. The molecule has 0 radical (unpaired) electrons. The summed E-state index contributed by atoms with van der Waals surface area (Å²) in [6.45, 7) is 6.02. The summed E-state index contributed by atoms with van der Waals surface area (Å²) in [5.41, 5.74) is -0.446. The summed E-state index contributed by atoms with van der Waals surface area (Å²) < 4.78 is 36.0. The van der Waals surface area contributed by atoms with Crippen LogP contribution in [0.15, 0.2) is 17.0 Å². The monoisotopic (exact) mass is 322 g/mol. The summed E-state index contributed by atoms with van der Waals surface area (Å²) in [6, 6.07) is 1.64. The Labute approximate surface area is 122 Å². The quantitative estimate of drug-likeness (QED) is 0.890. The normalized spacial score (nSPS) is 12.3. The van der Waals surface area contributed by atoms with Crippen LogP contribution < -0.4 is 10.5 Å². The summed E-state index contributed by atoms with van der Waals surface area (Å²) in [5, 5.41) is 7.04. The maximum absolute atomic E-state index is 13.6. The third-order valence-electron chi connectivity index (χ3n) is 2.35. The van der Waals surface area contributed by atoms with Gasteiger partial charge in [0.2, 0.25) is 10.0 Å². The molecule has 0 aliphatic carbocycles. The lowest BCUT2D eigenvalue weighted by Crippen LogP contribution is -2.32. The van der Waals surface area contributed by atoms with E-state index in [9.17, 15) is 17.6 Å². The number of hydrogen-bond donors (Lipinski definition) is 2. The number of sulfonamides is 1. The number of benzene rings is 1. The summed E-state index contributed by atoms with van der Waals surface area (Å²) in [6.07, 6.45) is 0. The lowest BCUT2D eigenvalue weighted by atomic mass is 9.97. The number of nitrogens with one attached hydrogen (secondary N) is 1. The van der Waals surface area contributed by atoms with Crippen LogP contribution in [-0.4, -0.2) is 20.9 Å². The van der Waals surface area contributed by atoms with E-state index in [-0.39, 0.29) is 11.0 Å². The molecule has 0 fully saturated rings. The Kier molecular flexibility index (Phi) is 4.78. The Bertz CT molecular complexity index is 639. The van der Waals surface area contributed by atoms with Crippen molar-refractivity contribution in [3.05, 3.63) is 28.5 Å². The molecule has 3 N–H and O–H groups in total. The third-order valence-corrected chi connectivity index (χ3v) is 3.63. The molecule has 1 rings (SSSR count). The molecule has 8 heteroatoms. The van der Waals surface area contributed by atoms with Crippen molar-refractivity contribution < 1.29 is 17.6 Å². The van der Waals surface area contributed by atoms with Gasteiger partial charge >= 0.3 is 0 Å². The van der Waals surface area contributed by atoms with E-state index < -0.39 is 31.7 Å². The number of rotatable bonds is 3. The van der Waals surface area contributed by atoms with E-state index in [4.69, 9.17) is 16.7 Å². The van der Waals surface area contributed by atoms with Gasteiger partial charge in [0.05, 0.1) is 15.5 Å². The van der Waals surface area contributed by atoms with Gasteiger partial charge in [0.25, 0.3) is 5.91 Å². The minimum Gasteiger partial charge on any atom is -0.351 e. The van der Waals surface area contributed by atoms with E-state index in [1.807, 2.05) is 20.8 Å². The molecule has 112 valence electrons. The first kappa shape index (κ1) is 16.9. The number of halogens is 2. The molecule has 1 amide bonds. The summed E-state index contributed by atoms with van der Waals surface area (Å²) in [7, 11) is -4.12. The van der Waals surface area contributed by atoms with Crippen LogP contribution in [0.4, 0.5) is 4.39 Å². The lowest BCUT2D eigenvalue weighted by molar-refractivity contribution is 0.0939. The van der Waals surface area contributed by atoms with Gasteiger partial charge in [-0.1, -0.05) is 32.4 Å². The Hall–Kier alpha value is -1.18. The lowest BCUT2D eigenvalue weighted by Gasteiger charge is -2.19. The fourth-order valence-corrected chi connectivity index (χ4v) is 2.08. The summed E-state index contributed by atoms with van der Waals surface area (Å²) in [5.74, 6) is -1.67. The molecule has 0 unspecified atom stereocenters. The van der Waals surface area contributed by atoms with Crippen LogP contribution >= 0.6 is 11.6 Å².